The second-order valence-corrected chi connectivity index (χ2v) is 10.5. The number of ether oxygens (including phenoxy) is 3. The highest BCUT2D eigenvalue weighted by Crippen LogP contribution is 2.35. The second kappa shape index (κ2) is 13.8. The fraction of sp³-hybridized carbons (Fsp3) is 0.257. The molecule has 4 aromatic rings. The first-order valence-corrected chi connectivity index (χ1v) is 14.3. The van der Waals surface area contributed by atoms with Gasteiger partial charge in [0.15, 0.2) is 0 Å². The van der Waals surface area contributed by atoms with E-state index in [9.17, 15) is 9.59 Å². The third kappa shape index (κ3) is 7.36. The molecule has 0 unspecified atom stereocenters. The molecular weight excluding hydrogens is 528 g/mol. The van der Waals surface area contributed by atoms with Gasteiger partial charge in [0, 0.05) is 30.4 Å². The first kappa shape index (κ1) is 28.9. The van der Waals surface area contributed by atoms with Gasteiger partial charge in [0.1, 0.15) is 24.7 Å². The monoisotopic (exact) mass is 564 g/mol. The van der Waals surface area contributed by atoms with Gasteiger partial charge in [-0.1, -0.05) is 74.5 Å². The van der Waals surface area contributed by atoms with E-state index >= 15 is 0 Å². The molecule has 1 heterocycles. The molecule has 0 aliphatic carbocycles. The Morgan fingerprint density at radius 2 is 1.36 bits per heavy atom. The number of amides is 2. The van der Waals surface area contributed by atoms with Gasteiger partial charge in [-0.15, -0.1) is 0 Å². The summed E-state index contributed by atoms with van der Waals surface area (Å²) in [5.41, 5.74) is 4.52. The molecule has 0 spiro atoms. The molecule has 1 fully saturated rings. The van der Waals surface area contributed by atoms with Gasteiger partial charge in [0.2, 0.25) is 0 Å². The lowest BCUT2D eigenvalue weighted by molar-refractivity contribution is 0.0303. The topological polar surface area (TPSA) is 77.1 Å². The van der Waals surface area contributed by atoms with Crippen LogP contribution < -0.4 is 14.8 Å². The van der Waals surface area contributed by atoms with E-state index in [1.807, 2.05) is 72.8 Å². The minimum Gasteiger partial charge on any atom is -0.488 e. The highest BCUT2D eigenvalue weighted by Gasteiger charge is 2.21. The second-order valence-electron chi connectivity index (χ2n) is 10.5. The van der Waals surface area contributed by atoms with E-state index in [1.165, 1.54) is 0 Å². The highest BCUT2D eigenvalue weighted by atomic mass is 16.5. The predicted octanol–water partition coefficient (Wildman–Crippen LogP) is 6.69. The Morgan fingerprint density at radius 1 is 0.786 bits per heavy atom. The molecule has 1 saturated heterocycles. The van der Waals surface area contributed by atoms with Crippen molar-refractivity contribution >= 4 is 17.5 Å². The molecule has 0 atom stereocenters. The van der Waals surface area contributed by atoms with Crippen molar-refractivity contribution in [2.24, 2.45) is 0 Å². The molecule has 216 valence electrons. The summed E-state index contributed by atoms with van der Waals surface area (Å²) in [7, 11) is 0. The van der Waals surface area contributed by atoms with E-state index in [0.717, 1.165) is 16.7 Å². The van der Waals surface area contributed by atoms with Gasteiger partial charge in [-0.05, 0) is 52.9 Å². The molecule has 0 saturated carbocycles. The summed E-state index contributed by atoms with van der Waals surface area (Å²) < 4.78 is 17.8. The lowest BCUT2D eigenvalue weighted by atomic mass is 9.98. The van der Waals surface area contributed by atoms with Crippen LogP contribution in [0.2, 0.25) is 0 Å². The van der Waals surface area contributed by atoms with Gasteiger partial charge in [-0.3, -0.25) is 9.59 Å². The van der Waals surface area contributed by atoms with Crippen LogP contribution in [0.25, 0.3) is 0 Å². The van der Waals surface area contributed by atoms with Crippen molar-refractivity contribution in [2.75, 3.05) is 31.6 Å². The minimum absolute atomic E-state index is 0.0413. The van der Waals surface area contributed by atoms with Crippen molar-refractivity contribution in [1.82, 2.24) is 4.90 Å². The van der Waals surface area contributed by atoms with Gasteiger partial charge in [0.25, 0.3) is 11.8 Å². The molecule has 42 heavy (non-hydrogen) atoms. The highest BCUT2D eigenvalue weighted by molar-refractivity contribution is 6.06. The first-order valence-electron chi connectivity index (χ1n) is 14.3. The first-order chi connectivity index (χ1) is 20.5. The Balaban J connectivity index is 1.38. The lowest BCUT2D eigenvalue weighted by Crippen LogP contribution is -2.40. The average Bonchev–Trinajstić information content (AvgIpc) is 3.04. The Morgan fingerprint density at radius 3 is 1.93 bits per heavy atom. The van der Waals surface area contributed by atoms with Gasteiger partial charge < -0.3 is 24.4 Å². The number of benzene rings is 4. The number of hydrogen-bond donors (Lipinski definition) is 1. The Bertz CT molecular complexity index is 1480. The molecule has 5 rings (SSSR count). The van der Waals surface area contributed by atoms with E-state index in [2.05, 4.69) is 19.2 Å². The fourth-order valence-corrected chi connectivity index (χ4v) is 4.77. The average molecular weight is 565 g/mol. The van der Waals surface area contributed by atoms with Crippen molar-refractivity contribution in [3.8, 4) is 11.5 Å². The van der Waals surface area contributed by atoms with Gasteiger partial charge in [-0.2, -0.15) is 0 Å². The van der Waals surface area contributed by atoms with E-state index in [0.29, 0.717) is 67.8 Å². The van der Waals surface area contributed by atoms with Gasteiger partial charge >= 0.3 is 0 Å². The zero-order chi connectivity index (χ0) is 29.3. The fourth-order valence-electron chi connectivity index (χ4n) is 4.77. The van der Waals surface area contributed by atoms with Crippen LogP contribution in [0.5, 0.6) is 11.5 Å². The number of carbonyl (C=O) groups is 2. The van der Waals surface area contributed by atoms with Crippen LogP contribution in [0.4, 0.5) is 5.69 Å². The number of hydrogen-bond acceptors (Lipinski definition) is 5. The van der Waals surface area contributed by atoms with Crippen molar-refractivity contribution in [3.05, 3.63) is 125 Å². The molecule has 0 radical (unpaired) electrons. The molecule has 7 nitrogen and oxygen atoms in total. The summed E-state index contributed by atoms with van der Waals surface area (Å²) in [4.78, 5) is 28.3. The van der Waals surface area contributed by atoms with Crippen LogP contribution in [-0.2, 0) is 18.0 Å². The third-order valence-electron chi connectivity index (χ3n) is 7.14. The Hall–Kier alpha value is -4.62. The normalized spacial score (nSPS) is 13.1. The van der Waals surface area contributed by atoms with Crippen LogP contribution in [0, 0.1) is 0 Å². The summed E-state index contributed by atoms with van der Waals surface area (Å²) >= 11 is 0. The van der Waals surface area contributed by atoms with Crippen LogP contribution >= 0.6 is 0 Å². The largest absolute Gasteiger partial charge is 0.488 e. The molecular formula is C35H36N2O5. The minimum atomic E-state index is -0.304. The number of nitrogens with one attached hydrogen (secondary N) is 1. The Labute approximate surface area is 247 Å². The number of carbonyl (C=O) groups excluding carboxylic acids is 2. The summed E-state index contributed by atoms with van der Waals surface area (Å²) in [6.45, 7) is 7.09. The number of morpholine rings is 1. The van der Waals surface area contributed by atoms with Crippen molar-refractivity contribution < 1.29 is 23.8 Å². The SMILES string of the molecule is CC(C)c1cc(C(=O)Nc2ccc(C(=O)N3CCOCC3)cc2)c(OCc2ccccc2)cc1OCc1ccccc1. The zero-order valence-electron chi connectivity index (χ0n) is 24.0. The summed E-state index contributed by atoms with van der Waals surface area (Å²) in [6, 6.07) is 30.4. The van der Waals surface area contributed by atoms with Crippen LogP contribution in [0.1, 0.15) is 57.2 Å². The van der Waals surface area contributed by atoms with Crippen molar-refractivity contribution in [1.29, 1.82) is 0 Å². The molecule has 4 aromatic carbocycles. The van der Waals surface area contributed by atoms with Crippen LogP contribution in [0.3, 0.4) is 0 Å². The molecule has 2 amide bonds. The zero-order valence-corrected chi connectivity index (χ0v) is 24.0. The maximum atomic E-state index is 13.7. The maximum absolute atomic E-state index is 13.7. The molecule has 1 N–H and O–H groups in total. The van der Waals surface area contributed by atoms with Gasteiger partial charge in [-0.25, -0.2) is 0 Å². The van der Waals surface area contributed by atoms with E-state index in [1.54, 1.807) is 29.2 Å². The smallest absolute Gasteiger partial charge is 0.259 e. The number of nitrogens with zero attached hydrogens (tertiary/aromatic N) is 1. The quantitative estimate of drug-likeness (QED) is 0.232. The van der Waals surface area contributed by atoms with E-state index in [4.69, 9.17) is 14.2 Å². The van der Waals surface area contributed by atoms with Crippen molar-refractivity contribution in [2.45, 2.75) is 33.0 Å². The van der Waals surface area contributed by atoms with E-state index in [-0.39, 0.29) is 17.7 Å². The van der Waals surface area contributed by atoms with Crippen LogP contribution in [0.15, 0.2) is 97.1 Å². The molecule has 1 aliphatic heterocycles. The number of rotatable bonds is 10. The lowest BCUT2D eigenvalue weighted by Gasteiger charge is -2.26. The summed E-state index contributed by atoms with van der Waals surface area (Å²) in [5, 5.41) is 2.98. The predicted molar refractivity (Wildman–Crippen MR) is 163 cm³/mol. The maximum Gasteiger partial charge on any atom is 0.259 e. The standard InChI is InChI=1S/C35H36N2O5/c1-25(2)30-21-31(34(38)36-29-15-13-28(14-16-29)35(39)37-17-19-40-20-18-37)33(42-24-27-11-7-4-8-12-27)22-32(30)41-23-26-9-5-3-6-10-26/h3-16,21-22,25H,17-20,23-24H2,1-2H3,(H,36,38). The van der Waals surface area contributed by atoms with Gasteiger partial charge in [0.05, 0.1) is 18.8 Å². The third-order valence-corrected chi connectivity index (χ3v) is 7.14. The molecule has 0 aromatic heterocycles. The van der Waals surface area contributed by atoms with Crippen molar-refractivity contribution in [3.63, 3.8) is 0 Å². The molecule has 7 heteroatoms. The summed E-state index contributed by atoms with van der Waals surface area (Å²) in [5.74, 6) is 0.876. The van der Waals surface area contributed by atoms with E-state index < -0.39 is 0 Å². The van der Waals surface area contributed by atoms with Crippen LogP contribution in [-0.4, -0.2) is 43.0 Å². The molecule has 0 bridgehead atoms. The number of anilines is 1. The molecule has 1 aliphatic rings. The summed E-state index contributed by atoms with van der Waals surface area (Å²) in [6.07, 6.45) is 0. The Kier molecular flexibility index (Phi) is 9.51.